The lowest BCUT2D eigenvalue weighted by Crippen LogP contribution is -2.27. The average molecular weight is 553 g/mol. The van der Waals surface area contributed by atoms with Gasteiger partial charge in [0.25, 0.3) is 5.91 Å². The number of pyridine rings is 1. The SMILES string of the molecule is O=C(NCCCC(=O)C1CCC(c2nnc(-c3cccnc3)o2)CC1)c1cn(-c2ccccc2)nc1C(F)(F)F. The molecule has 1 saturated carbocycles. The molecule has 1 aliphatic rings. The van der Waals surface area contributed by atoms with Crippen molar-refractivity contribution in [3.05, 3.63) is 78.2 Å². The molecule has 3 heterocycles. The van der Waals surface area contributed by atoms with Crippen LogP contribution in [0.2, 0.25) is 0 Å². The first-order valence-corrected chi connectivity index (χ1v) is 13.1. The molecule has 0 unspecified atom stereocenters. The van der Waals surface area contributed by atoms with Crippen LogP contribution in [0.3, 0.4) is 0 Å². The number of carbonyl (C=O) groups excluding carboxylic acids is 2. The number of halogens is 3. The molecule has 4 aromatic rings. The van der Waals surface area contributed by atoms with E-state index >= 15 is 0 Å². The molecule has 0 bridgehead atoms. The number of rotatable bonds is 9. The molecule has 12 heteroatoms. The van der Waals surface area contributed by atoms with Crippen LogP contribution in [0.15, 0.2) is 65.5 Å². The summed E-state index contributed by atoms with van der Waals surface area (Å²) in [5, 5.41) is 14.4. The van der Waals surface area contributed by atoms with Gasteiger partial charge in [-0.05, 0) is 56.4 Å². The van der Waals surface area contributed by atoms with Gasteiger partial charge >= 0.3 is 6.18 Å². The maximum absolute atomic E-state index is 13.5. The van der Waals surface area contributed by atoms with E-state index in [0.29, 0.717) is 36.7 Å². The second-order valence-corrected chi connectivity index (χ2v) is 9.73. The number of aromatic nitrogens is 5. The van der Waals surface area contributed by atoms with Crippen LogP contribution in [0.5, 0.6) is 0 Å². The molecule has 1 fully saturated rings. The molecule has 40 heavy (non-hydrogen) atoms. The van der Waals surface area contributed by atoms with Crippen molar-refractivity contribution in [1.82, 2.24) is 30.3 Å². The van der Waals surface area contributed by atoms with Crippen LogP contribution in [0.1, 0.15) is 66.4 Å². The van der Waals surface area contributed by atoms with Gasteiger partial charge in [0.15, 0.2) is 5.69 Å². The van der Waals surface area contributed by atoms with Gasteiger partial charge in [0, 0.05) is 43.4 Å². The lowest BCUT2D eigenvalue weighted by molar-refractivity contribution is -0.141. The molecular formula is C28H27F3N6O3. The predicted molar refractivity (Wildman–Crippen MR) is 137 cm³/mol. The smallest absolute Gasteiger partial charge is 0.420 e. The minimum Gasteiger partial charge on any atom is -0.420 e. The average Bonchev–Trinajstić information content (AvgIpc) is 3.65. The van der Waals surface area contributed by atoms with Crippen molar-refractivity contribution in [2.45, 2.75) is 50.6 Å². The number of benzene rings is 1. The van der Waals surface area contributed by atoms with Crippen molar-refractivity contribution in [2.24, 2.45) is 5.92 Å². The third-order valence-electron chi connectivity index (χ3n) is 7.01. The standard InChI is InChI=1S/C28H27F3N6O3/c29-28(30,31)24-22(17-37(36-24)21-7-2-1-3-8-21)25(39)33-15-5-9-23(38)18-10-12-19(13-11-18)26-34-35-27(40-26)20-6-4-14-32-16-20/h1-4,6-8,14,16-19H,5,9-13,15H2,(H,33,39). The number of alkyl halides is 3. The Bertz CT molecular complexity index is 1440. The molecule has 5 rings (SSSR count). The number of nitrogens with one attached hydrogen (secondary N) is 1. The highest BCUT2D eigenvalue weighted by molar-refractivity contribution is 5.95. The van der Waals surface area contributed by atoms with Gasteiger partial charge in [-0.3, -0.25) is 14.6 Å². The highest BCUT2D eigenvalue weighted by atomic mass is 19.4. The van der Waals surface area contributed by atoms with Crippen LogP contribution in [0.4, 0.5) is 13.2 Å². The molecular weight excluding hydrogens is 525 g/mol. The minimum absolute atomic E-state index is 0.0762. The molecule has 1 amide bonds. The molecule has 9 nitrogen and oxygen atoms in total. The fourth-order valence-corrected chi connectivity index (χ4v) is 4.89. The molecule has 3 aromatic heterocycles. The number of ketones is 1. The van der Waals surface area contributed by atoms with E-state index in [4.69, 9.17) is 4.42 Å². The van der Waals surface area contributed by atoms with E-state index in [1.54, 1.807) is 48.8 Å². The second-order valence-electron chi connectivity index (χ2n) is 9.73. The van der Waals surface area contributed by atoms with Crippen molar-refractivity contribution in [1.29, 1.82) is 0 Å². The summed E-state index contributed by atoms with van der Waals surface area (Å²) < 4.78 is 47.5. The summed E-state index contributed by atoms with van der Waals surface area (Å²) in [4.78, 5) is 29.4. The Hall–Kier alpha value is -4.35. The van der Waals surface area contributed by atoms with Gasteiger partial charge in [-0.15, -0.1) is 10.2 Å². The summed E-state index contributed by atoms with van der Waals surface area (Å²) in [5.41, 5.74) is -0.665. The monoisotopic (exact) mass is 552 g/mol. The third kappa shape index (κ3) is 6.27. The Kier molecular flexibility index (Phi) is 8.04. The maximum atomic E-state index is 13.5. The molecule has 208 valence electrons. The van der Waals surface area contributed by atoms with Crippen LogP contribution in [-0.2, 0) is 11.0 Å². The summed E-state index contributed by atoms with van der Waals surface area (Å²) in [6.45, 7) is 0.0762. The van der Waals surface area contributed by atoms with Crippen molar-refractivity contribution in [3.8, 4) is 17.1 Å². The predicted octanol–water partition coefficient (Wildman–Crippen LogP) is 5.39. The van der Waals surface area contributed by atoms with Crippen molar-refractivity contribution >= 4 is 11.7 Å². The van der Waals surface area contributed by atoms with E-state index in [1.807, 2.05) is 6.07 Å². The van der Waals surface area contributed by atoms with Gasteiger partial charge < -0.3 is 9.73 Å². The van der Waals surface area contributed by atoms with Crippen molar-refractivity contribution in [2.75, 3.05) is 6.54 Å². The van der Waals surface area contributed by atoms with E-state index in [0.717, 1.165) is 29.3 Å². The zero-order valence-electron chi connectivity index (χ0n) is 21.5. The van der Waals surface area contributed by atoms with Crippen molar-refractivity contribution in [3.63, 3.8) is 0 Å². The van der Waals surface area contributed by atoms with Crippen molar-refractivity contribution < 1.29 is 27.2 Å². The van der Waals surface area contributed by atoms with Crippen LogP contribution in [0, 0.1) is 5.92 Å². The first-order chi connectivity index (χ1) is 19.3. The molecule has 0 atom stereocenters. The summed E-state index contributed by atoms with van der Waals surface area (Å²) in [6, 6.07) is 11.9. The third-order valence-corrected chi connectivity index (χ3v) is 7.01. The Morgan fingerprint density at radius 3 is 2.50 bits per heavy atom. The number of para-hydroxylation sites is 1. The summed E-state index contributed by atoms with van der Waals surface area (Å²) in [7, 11) is 0. The normalized spacial score (nSPS) is 17.5. The Balaban J connectivity index is 1.09. The van der Waals surface area contributed by atoms with E-state index in [1.165, 1.54) is 0 Å². The van der Waals surface area contributed by atoms with Gasteiger partial charge in [-0.2, -0.15) is 18.3 Å². The molecule has 0 radical (unpaired) electrons. The highest BCUT2D eigenvalue weighted by Gasteiger charge is 2.39. The zero-order valence-corrected chi connectivity index (χ0v) is 21.5. The second kappa shape index (κ2) is 11.8. The number of Topliss-reactive ketones (excluding diaryl/α,β-unsaturated/α-hetero) is 1. The maximum Gasteiger partial charge on any atom is 0.435 e. The quantitative estimate of drug-likeness (QED) is 0.277. The van der Waals surface area contributed by atoms with Gasteiger partial charge in [0.1, 0.15) is 5.78 Å². The topological polar surface area (TPSA) is 116 Å². The zero-order chi connectivity index (χ0) is 28.1. The lowest BCUT2D eigenvalue weighted by atomic mass is 9.79. The molecule has 0 saturated heterocycles. The first-order valence-electron chi connectivity index (χ1n) is 13.1. The highest BCUT2D eigenvalue weighted by Crippen LogP contribution is 2.37. The van der Waals surface area contributed by atoms with Crippen LogP contribution >= 0.6 is 0 Å². The van der Waals surface area contributed by atoms with Crippen LogP contribution in [0.25, 0.3) is 17.1 Å². The summed E-state index contributed by atoms with van der Waals surface area (Å²) in [5.74, 6) is 0.156. The lowest BCUT2D eigenvalue weighted by Gasteiger charge is -2.25. The van der Waals surface area contributed by atoms with Gasteiger partial charge in [0.2, 0.25) is 11.8 Å². The number of hydrogen-bond acceptors (Lipinski definition) is 7. The van der Waals surface area contributed by atoms with E-state index in [-0.39, 0.29) is 30.6 Å². The van der Waals surface area contributed by atoms with Gasteiger partial charge in [-0.1, -0.05) is 18.2 Å². The summed E-state index contributed by atoms with van der Waals surface area (Å²) >= 11 is 0. The van der Waals surface area contributed by atoms with Gasteiger partial charge in [-0.25, -0.2) is 4.68 Å². The molecule has 1 aromatic carbocycles. The van der Waals surface area contributed by atoms with E-state index < -0.39 is 23.3 Å². The van der Waals surface area contributed by atoms with Crippen LogP contribution < -0.4 is 5.32 Å². The number of hydrogen-bond donors (Lipinski definition) is 1. The largest absolute Gasteiger partial charge is 0.435 e. The molecule has 1 aliphatic carbocycles. The fourth-order valence-electron chi connectivity index (χ4n) is 4.89. The molecule has 0 spiro atoms. The Morgan fingerprint density at radius 1 is 1.02 bits per heavy atom. The van der Waals surface area contributed by atoms with E-state index in [2.05, 4.69) is 25.6 Å². The Morgan fingerprint density at radius 2 is 1.80 bits per heavy atom. The molecule has 1 N–H and O–H groups in total. The first kappa shape index (κ1) is 27.2. The van der Waals surface area contributed by atoms with E-state index in [9.17, 15) is 22.8 Å². The number of amides is 1. The minimum atomic E-state index is -4.79. The number of nitrogens with zero attached hydrogens (tertiary/aromatic N) is 5. The number of carbonyl (C=O) groups is 2. The Labute approximate surface area is 227 Å². The summed E-state index contributed by atoms with van der Waals surface area (Å²) in [6.07, 6.45) is 3.03. The van der Waals surface area contributed by atoms with Gasteiger partial charge in [0.05, 0.1) is 16.8 Å². The van der Waals surface area contributed by atoms with Crippen LogP contribution in [-0.4, -0.2) is 43.2 Å². The fraction of sp³-hybridized carbons (Fsp3) is 0.357. The molecule has 0 aliphatic heterocycles.